The third-order valence-electron chi connectivity index (χ3n) is 3.97. The number of hydrogen-bond acceptors (Lipinski definition) is 1. The third-order valence-corrected chi connectivity index (χ3v) is 3.97. The molecule has 1 aromatic rings. The lowest BCUT2D eigenvalue weighted by atomic mass is 9.87. The smallest absolute Gasteiger partial charge is 0.0507 e. The summed E-state index contributed by atoms with van der Waals surface area (Å²) < 4.78 is 2.50. The molecule has 2 nitrogen and oxygen atoms in total. The van der Waals surface area contributed by atoms with E-state index in [1.54, 1.807) is 0 Å². The van der Waals surface area contributed by atoms with Crippen molar-refractivity contribution < 1.29 is 0 Å². The van der Waals surface area contributed by atoms with Crippen LogP contribution in [0.15, 0.2) is 18.3 Å². The Morgan fingerprint density at radius 3 is 2.80 bits per heavy atom. The Balaban J connectivity index is 2.03. The van der Waals surface area contributed by atoms with Crippen molar-refractivity contribution in [3.8, 4) is 0 Å². The quantitative estimate of drug-likeness (QED) is 0.630. The standard InChI is InChI=1S/C13H20N2/c1-13(2,3)15-9-10-6-7-12(15)11-5-4-8-14(10)11/h4-5,8,10,12H,6-7,9H2,1-3H3. The van der Waals surface area contributed by atoms with E-state index in [-0.39, 0.29) is 0 Å². The second-order valence-corrected chi connectivity index (χ2v) is 5.91. The Morgan fingerprint density at radius 1 is 1.27 bits per heavy atom. The first-order chi connectivity index (χ1) is 7.07. The largest absolute Gasteiger partial charge is 0.346 e. The van der Waals surface area contributed by atoms with Gasteiger partial charge in [-0.1, -0.05) is 0 Å². The van der Waals surface area contributed by atoms with Crippen LogP contribution in [0.4, 0.5) is 0 Å². The molecule has 4 heterocycles. The first kappa shape index (κ1) is 9.46. The van der Waals surface area contributed by atoms with Crippen molar-refractivity contribution in [1.29, 1.82) is 0 Å². The minimum absolute atomic E-state index is 0.304. The maximum atomic E-state index is 2.68. The van der Waals surface area contributed by atoms with Crippen LogP contribution in [-0.2, 0) is 0 Å². The molecule has 3 aliphatic rings. The summed E-state index contributed by atoms with van der Waals surface area (Å²) in [4.78, 5) is 2.68. The van der Waals surface area contributed by atoms with Crippen LogP contribution >= 0.6 is 0 Å². The zero-order valence-electron chi connectivity index (χ0n) is 9.90. The minimum atomic E-state index is 0.304. The summed E-state index contributed by atoms with van der Waals surface area (Å²) in [5.41, 5.74) is 1.84. The maximum absolute atomic E-state index is 2.68. The van der Waals surface area contributed by atoms with Gasteiger partial charge in [0.1, 0.15) is 0 Å². The second-order valence-electron chi connectivity index (χ2n) is 5.91. The van der Waals surface area contributed by atoms with E-state index in [0.717, 1.165) is 6.04 Å². The van der Waals surface area contributed by atoms with Crippen LogP contribution in [0.25, 0.3) is 0 Å². The van der Waals surface area contributed by atoms with Crippen molar-refractivity contribution in [2.24, 2.45) is 0 Å². The van der Waals surface area contributed by atoms with Crippen molar-refractivity contribution in [1.82, 2.24) is 9.47 Å². The van der Waals surface area contributed by atoms with Gasteiger partial charge in [0.15, 0.2) is 0 Å². The number of hydrogen-bond donors (Lipinski definition) is 0. The zero-order valence-corrected chi connectivity index (χ0v) is 9.90. The molecule has 0 amide bonds. The number of aromatic nitrogens is 1. The Hall–Kier alpha value is -0.760. The van der Waals surface area contributed by atoms with E-state index >= 15 is 0 Å². The Bertz CT molecular complexity index is 372. The summed E-state index contributed by atoms with van der Waals surface area (Å²) in [5, 5.41) is 0. The van der Waals surface area contributed by atoms with E-state index in [2.05, 4.69) is 48.6 Å². The first-order valence-corrected chi connectivity index (χ1v) is 6.01. The number of piperidine rings is 1. The van der Waals surface area contributed by atoms with Gasteiger partial charge < -0.3 is 4.57 Å². The lowest BCUT2D eigenvalue weighted by Crippen LogP contribution is -2.53. The van der Waals surface area contributed by atoms with Crippen molar-refractivity contribution in [2.75, 3.05) is 6.54 Å². The molecule has 0 spiro atoms. The van der Waals surface area contributed by atoms with Crippen molar-refractivity contribution in [2.45, 2.75) is 51.2 Å². The van der Waals surface area contributed by atoms with Crippen LogP contribution in [0.5, 0.6) is 0 Å². The molecule has 1 fully saturated rings. The van der Waals surface area contributed by atoms with Gasteiger partial charge in [-0.3, -0.25) is 4.90 Å². The summed E-state index contributed by atoms with van der Waals surface area (Å²) >= 11 is 0. The van der Waals surface area contributed by atoms with Crippen LogP contribution < -0.4 is 0 Å². The summed E-state index contributed by atoms with van der Waals surface area (Å²) in [6.07, 6.45) is 4.96. The summed E-state index contributed by atoms with van der Waals surface area (Å²) in [7, 11) is 0. The van der Waals surface area contributed by atoms with Crippen LogP contribution in [0, 0.1) is 0 Å². The molecule has 2 atom stereocenters. The highest BCUT2D eigenvalue weighted by atomic mass is 15.3. The van der Waals surface area contributed by atoms with E-state index in [1.165, 1.54) is 25.1 Å². The van der Waals surface area contributed by atoms with E-state index in [4.69, 9.17) is 0 Å². The molecule has 82 valence electrons. The fourth-order valence-electron chi connectivity index (χ4n) is 3.25. The number of rotatable bonds is 0. The van der Waals surface area contributed by atoms with Crippen LogP contribution in [0.1, 0.15) is 51.4 Å². The zero-order chi connectivity index (χ0) is 10.6. The Kier molecular flexibility index (Phi) is 1.82. The first-order valence-electron chi connectivity index (χ1n) is 6.01. The van der Waals surface area contributed by atoms with Crippen molar-refractivity contribution in [3.63, 3.8) is 0 Å². The SMILES string of the molecule is CC(C)(C)N1CC2CCC1c1cccn12. The molecule has 2 heteroatoms. The van der Waals surface area contributed by atoms with Crippen LogP contribution in [-0.4, -0.2) is 21.6 Å². The van der Waals surface area contributed by atoms with Gasteiger partial charge in [0, 0.05) is 30.0 Å². The molecule has 4 rings (SSSR count). The lowest BCUT2D eigenvalue weighted by molar-refractivity contribution is -0.00104. The predicted octanol–water partition coefficient (Wildman–Crippen LogP) is 2.98. The van der Waals surface area contributed by atoms with Gasteiger partial charge >= 0.3 is 0 Å². The number of nitrogens with zero attached hydrogens (tertiary/aromatic N) is 2. The number of fused-ring (bicyclic) bond motifs is 2. The highest BCUT2D eigenvalue weighted by molar-refractivity contribution is 5.20. The highest BCUT2D eigenvalue weighted by Crippen LogP contribution is 2.45. The van der Waals surface area contributed by atoms with E-state index in [0.29, 0.717) is 11.6 Å². The molecule has 0 N–H and O–H groups in total. The average Bonchev–Trinajstić information content (AvgIpc) is 2.66. The molecule has 2 unspecified atom stereocenters. The molecule has 0 aromatic carbocycles. The van der Waals surface area contributed by atoms with Crippen molar-refractivity contribution >= 4 is 0 Å². The van der Waals surface area contributed by atoms with E-state index < -0.39 is 0 Å². The summed E-state index contributed by atoms with van der Waals surface area (Å²) in [6, 6.07) is 5.88. The predicted molar refractivity (Wildman–Crippen MR) is 61.9 cm³/mol. The normalized spacial score (nSPS) is 30.6. The van der Waals surface area contributed by atoms with Gasteiger partial charge in [-0.15, -0.1) is 0 Å². The molecule has 3 aliphatic heterocycles. The minimum Gasteiger partial charge on any atom is -0.346 e. The molecule has 0 aliphatic carbocycles. The van der Waals surface area contributed by atoms with Crippen molar-refractivity contribution in [3.05, 3.63) is 24.0 Å². The van der Waals surface area contributed by atoms with Crippen LogP contribution in [0.2, 0.25) is 0 Å². The van der Waals surface area contributed by atoms with E-state index in [9.17, 15) is 0 Å². The monoisotopic (exact) mass is 204 g/mol. The summed E-state index contributed by atoms with van der Waals surface area (Å²) in [6.45, 7) is 8.23. The molecule has 1 saturated heterocycles. The fraction of sp³-hybridized carbons (Fsp3) is 0.692. The highest BCUT2D eigenvalue weighted by Gasteiger charge is 2.41. The Labute approximate surface area is 91.9 Å². The lowest BCUT2D eigenvalue weighted by Gasteiger charge is -2.52. The average molecular weight is 204 g/mol. The second kappa shape index (κ2) is 2.88. The van der Waals surface area contributed by atoms with Gasteiger partial charge in [0.2, 0.25) is 0 Å². The van der Waals surface area contributed by atoms with Gasteiger partial charge in [0.05, 0.1) is 6.04 Å². The van der Waals surface area contributed by atoms with Gasteiger partial charge in [-0.05, 0) is 45.7 Å². The molecule has 15 heavy (non-hydrogen) atoms. The Morgan fingerprint density at radius 2 is 2.07 bits per heavy atom. The molecular weight excluding hydrogens is 184 g/mol. The van der Waals surface area contributed by atoms with Crippen LogP contribution in [0.3, 0.4) is 0 Å². The molecule has 0 saturated carbocycles. The maximum Gasteiger partial charge on any atom is 0.0507 e. The molecular formula is C13H20N2. The third kappa shape index (κ3) is 1.27. The topological polar surface area (TPSA) is 8.17 Å². The summed E-state index contributed by atoms with van der Waals surface area (Å²) in [5.74, 6) is 0. The molecule has 0 radical (unpaired) electrons. The molecule has 2 bridgehead atoms. The fourth-order valence-corrected chi connectivity index (χ4v) is 3.25. The van der Waals surface area contributed by atoms with Gasteiger partial charge in [-0.2, -0.15) is 0 Å². The molecule has 1 aromatic heterocycles. The van der Waals surface area contributed by atoms with Gasteiger partial charge in [-0.25, -0.2) is 0 Å². The van der Waals surface area contributed by atoms with Gasteiger partial charge in [0.25, 0.3) is 0 Å². The van der Waals surface area contributed by atoms with E-state index in [1.807, 2.05) is 0 Å².